The third kappa shape index (κ3) is 3.63. The molecule has 0 fully saturated rings. The molecule has 1 atom stereocenters. The minimum absolute atomic E-state index is 0.369. The highest BCUT2D eigenvalue weighted by Gasteiger charge is 2.11. The van der Waals surface area contributed by atoms with Crippen LogP contribution in [0.5, 0.6) is 0 Å². The third-order valence-corrected chi connectivity index (χ3v) is 4.24. The van der Waals surface area contributed by atoms with E-state index in [-0.39, 0.29) is 0 Å². The zero-order chi connectivity index (χ0) is 12.1. The predicted molar refractivity (Wildman–Crippen MR) is 76.4 cm³/mol. The number of rotatable bonds is 5. The van der Waals surface area contributed by atoms with Crippen molar-refractivity contribution in [3.8, 4) is 0 Å². The Morgan fingerprint density at radius 1 is 1.29 bits per heavy atom. The van der Waals surface area contributed by atoms with Crippen LogP contribution < -0.4 is 5.32 Å². The van der Waals surface area contributed by atoms with Crippen LogP contribution in [0.15, 0.2) is 40.4 Å². The molecular weight excluding hydrogens is 296 g/mol. The van der Waals surface area contributed by atoms with Gasteiger partial charge in [0.05, 0.1) is 3.79 Å². The van der Waals surface area contributed by atoms with E-state index in [4.69, 9.17) is 0 Å². The van der Waals surface area contributed by atoms with Crippen LogP contribution in [0, 0.1) is 0 Å². The second kappa shape index (κ2) is 6.28. The number of aromatic nitrogens is 1. The maximum absolute atomic E-state index is 4.07. The molecule has 2 rings (SSSR count). The normalized spacial score (nSPS) is 12.6. The quantitative estimate of drug-likeness (QED) is 0.908. The van der Waals surface area contributed by atoms with Crippen molar-refractivity contribution >= 4 is 27.3 Å². The van der Waals surface area contributed by atoms with Crippen molar-refractivity contribution in [1.29, 1.82) is 0 Å². The Hall–Kier alpha value is -0.710. The molecule has 0 amide bonds. The van der Waals surface area contributed by atoms with E-state index in [0.717, 1.165) is 13.0 Å². The molecule has 0 bridgehead atoms. The molecule has 0 saturated carbocycles. The Morgan fingerprint density at radius 3 is 2.65 bits per heavy atom. The van der Waals surface area contributed by atoms with Crippen LogP contribution in [-0.2, 0) is 6.42 Å². The summed E-state index contributed by atoms with van der Waals surface area (Å²) in [7, 11) is 0. The van der Waals surface area contributed by atoms with Gasteiger partial charge >= 0.3 is 0 Å². The van der Waals surface area contributed by atoms with Gasteiger partial charge in [-0.1, -0.05) is 6.92 Å². The van der Waals surface area contributed by atoms with Gasteiger partial charge in [-0.2, -0.15) is 0 Å². The van der Waals surface area contributed by atoms with Gasteiger partial charge in [0.15, 0.2) is 0 Å². The van der Waals surface area contributed by atoms with Gasteiger partial charge in [-0.3, -0.25) is 4.98 Å². The molecule has 0 aliphatic carbocycles. The van der Waals surface area contributed by atoms with Gasteiger partial charge in [0.1, 0.15) is 0 Å². The Bertz CT molecular complexity index is 455. The van der Waals surface area contributed by atoms with Crippen molar-refractivity contribution < 1.29 is 0 Å². The first kappa shape index (κ1) is 12.7. The Labute approximate surface area is 114 Å². The zero-order valence-electron chi connectivity index (χ0n) is 9.69. The fourth-order valence-electron chi connectivity index (χ4n) is 1.81. The third-order valence-electron chi connectivity index (χ3n) is 2.59. The molecule has 0 radical (unpaired) electrons. The molecule has 0 aliphatic heterocycles. The zero-order valence-corrected chi connectivity index (χ0v) is 12.1. The lowest BCUT2D eigenvalue weighted by Gasteiger charge is -2.17. The number of nitrogens with one attached hydrogen (secondary N) is 1. The van der Waals surface area contributed by atoms with Crippen molar-refractivity contribution in [1.82, 2.24) is 10.3 Å². The van der Waals surface area contributed by atoms with Crippen LogP contribution in [0.25, 0.3) is 0 Å². The monoisotopic (exact) mass is 310 g/mol. The number of hydrogen-bond donors (Lipinski definition) is 1. The van der Waals surface area contributed by atoms with E-state index in [1.54, 1.807) is 11.3 Å². The molecule has 0 aromatic carbocycles. The van der Waals surface area contributed by atoms with E-state index < -0.39 is 0 Å². The largest absolute Gasteiger partial charge is 0.310 e. The summed E-state index contributed by atoms with van der Waals surface area (Å²) < 4.78 is 1.19. The van der Waals surface area contributed by atoms with Crippen LogP contribution in [0.1, 0.15) is 23.4 Å². The maximum Gasteiger partial charge on any atom is 0.0701 e. The molecule has 0 saturated heterocycles. The Balaban J connectivity index is 2.13. The minimum Gasteiger partial charge on any atom is -0.310 e. The lowest BCUT2D eigenvalue weighted by molar-refractivity contribution is 0.553. The molecule has 2 nitrogen and oxygen atoms in total. The highest BCUT2D eigenvalue weighted by Crippen LogP contribution is 2.26. The Kier molecular flexibility index (Phi) is 4.71. The average molecular weight is 311 g/mol. The first-order valence-corrected chi connectivity index (χ1v) is 7.28. The van der Waals surface area contributed by atoms with Crippen molar-refractivity contribution in [3.63, 3.8) is 0 Å². The van der Waals surface area contributed by atoms with Crippen LogP contribution in [0.2, 0.25) is 0 Å². The summed E-state index contributed by atoms with van der Waals surface area (Å²) in [6, 6.07) is 8.82. The van der Waals surface area contributed by atoms with Gasteiger partial charge in [-0.05, 0) is 52.3 Å². The summed E-state index contributed by atoms with van der Waals surface area (Å²) in [6.45, 7) is 3.11. The fraction of sp³-hybridized carbons (Fsp3) is 0.308. The molecule has 90 valence electrons. The maximum atomic E-state index is 4.07. The first-order chi connectivity index (χ1) is 8.29. The summed E-state index contributed by atoms with van der Waals surface area (Å²) in [5.41, 5.74) is 1.30. The minimum atomic E-state index is 0.369. The van der Waals surface area contributed by atoms with E-state index >= 15 is 0 Å². The highest BCUT2D eigenvalue weighted by atomic mass is 79.9. The van der Waals surface area contributed by atoms with Crippen LogP contribution >= 0.6 is 27.3 Å². The lowest BCUT2D eigenvalue weighted by atomic mass is 10.0. The summed E-state index contributed by atoms with van der Waals surface area (Å²) >= 11 is 5.30. The molecule has 4 heteroatoms. The van der Waals surface area contributed by atoms with Gasteiger partial charge < -0.3 is 5.32 Å². The van der Waals surface area contributed by atoms with Crippen molar-refractivity contribution in [2.24, 2.45) is 0 Å². The van der Waals surface area contributed by atoms with Crippen LogP contribution in [0.4, 0.5) is 0 Å². The molecule has 2 aromatic rings. The van der Waals surface area contributed by atoms with E-state index in [2.05, 4.69) is 57.4 Å². The molecular formula is C13H15BrN2S. The molecule has 2 aromatic heterocycles. The first-order valence-electron chi connectivity index (χ1n) is 5.67. The van der Waals surface area contributed by atoms with Crippen molar-refractivity contribution in [3.05, 3.63) is 50.9 Å². The van der Waals surface area contributed by atoms with Crippen LogP contribution in [0.3, 0.4) is 0 Å². The van der Waals surface area contributed by atoms with E-state index in [1.165, 1.54) is 14.2 Å². The van der Waals surface area contributed by atoms with Gasteiger partial charge in [0.25, 0.3) is 0 Å². The van der Waals surface area contributed by atoms with E-state index in [1.807, 2.05) is 12.4 Å². The van der Waals surface area contributed by atoms with Gasteiger partial charge in [-0.25, -0.2) is 0 Å². The molecule has 0 spiro atoms. The average Bonchev–Trinajstić information content (AvgIpc) is 2.75. The number of pyridine rings is 1. The van der Waals surface area contributed by atoms with Gasteiger partial charge in [0.2, 0.25) is 0 Å². The van der Waals surface area contributed by atoms with E-state index in [9.17, 15) is 0 Å². The summed E-state index contributed by atoms with van der Waals surface area (Å²) in [4.78, 5) is 5.45. The van der Waals surface area contributed by atoms with Crippen molar-refractivity contribution in [2.75, 3.05) is 6.54 Å². The fourth-order valence-corrected chi connectivity index (χ4v) is 3.34. The number of nitrogens with zero attached hydrogens (tertiary/aromatic N) is 1. The molecule has 1 N–H and O–H groups in total. The number of likely N-dealkylation sites (N-methyl/N-ethyl adjacent to an activating group) is 1. The summed E-state index contributed by atoms with van der Waals surface area (Å²) in [5, 5.41) is 3.52. The van der Waals surface area contributed by atoms with Gasteiger partial charge in [0, 0.05) is 29.7 Å². The smallest absolute Gasteiger partial charge is 0.0701 e. The Morgan fingerprint density at radius 2 is 2.06 bits per heavy atom. The SMILES string of the molecule is CCNC(Cc1ccc(Br)s1)c1ccncc1. The van der Waals surface area contributed by atoms with Crippen LogP contribution in [-0.4, -0.2) is 11.5 Å². The molecule has 17 heavy (non-hydrogen) atoms. The molecule has 1 unspecified atom stereocenters. The topological polar surface area (TPSA) is 24.9 Å². The second-order valence-corrected chi connectivity index (χ2v) is 6.35. The number of thiophene rings is 1. The number of halogens is 1. The number of hydrogen-bond acceptors (Lipinski definition) is 3. The van der Waals surface area contributed by atoms with Crippen molar-refractivity contribution in [2.45, 2.75) is 19.4 Å². The highest BCUT2D eigenvalue weighted by molar-refractivity contribution is 9.11. The summed E-state index contributed by atoms with van der Waals surface area (Å²) in [6.07, 6.45) is 4.72. The molecule has 0 aliphatic rings. The second-order valence-electron chi connectivity index (χ2n) is 3.80. The standard InChI is InChI=1S/C13H15BrN2S/c1-2-16-12(10-5-7-15-8-6-10)9-11-3-4-13(14)17-11/h3-8,12,16H,2,9H2,1H3. The predicted octanol–water partition coefficient (Wildman–Crippen LogP) is 3.80. The molecule has 2 heterocycles. The van der Waals surface area contributed by atoms with E-state index in [0.29, 0.717) is 6.04 Å². The van der Waals surface area contributed by atoms with Gasteiger partial charge in [-0.15, -0.1) is 11.3 Å². The lowest BCUT2D eigenvalue weighted by Crippen LogP contribution is -2.22. The summed E-state index contributed by atoms with van der Waals surface area (Å²) in [5.74, 6) is 0.